The molecule has 1 heterocycles. The molecule has 3 nitrogen and oxygen atoms in total. The Bertz CT molecular complexity index is 504. The molecule has 0 aliphatic heterocycles. The van der Waals surface area contributed by atoms with Gasteiger partial charge in [0, 0.05) is 11.8 Å². The molecular formula is C13H13FN2O. The van der Waals surface area contributed by atoms with Crippen LogP contribution in [0.3, 0.4) is 0 Å². The van der Waals surface area contributed by atoms with Crippen molar-refractivity contribution in [3.05, 3.63) is 55.3 Å². The number of benzene rings is 1. The van der Waals surface area contributed by atoms with Gasteiger partial charge in [0.1, 0.15) is 5.82 Å². The van der Waals surface area contributed by atoms with E-state index in [4.69, 9.17) is 5.11 Å². The van der Waals surface area contributed by atoms with Crippen molar-refractivity contribution in [2.75, 3.05) is 6.61 Å². The third kappa shape index (κ3) is 2.42. The van der Waals surface area contributed by atoms with Crippen LogP contribution in [0.5, 0.6) is 0 Å². The average molecular weight is 232 g/mol. The third-order valence-electron chi connectivity index (χ3n) is 2.58. The summed E-state index contributed by atoms with van der Waals surface area (Å²) < 4.78 is 14.5. The van der Waals surface area contributed by atoms with E-state index in [9.17, 15) is 4.39 Å². The van der Waals surface area contributed by atoms with Gasteiger partial charge in [0.05, 0.1) is 24.7 Å². The normalized spacial score (nSPS) is 12.4. The first-order valence-electron chi connectivity index (χ1n) is 5.27. The quantitative estimate of drug-likeness (QED) is 0.822. The first kappa shape index (κ1) is 11.5. The van der Waals surface area contributed by atoms with Crippen molar-refractivity contribution >= 4 is 0 Å². The van der Waals surface area contributed by atoms with E-state index in [0.717, 1.165) is 11.3 Å². The number of halogens is 1. The molecule has 0 unspecified atom stereocenters. The van der Waals surface area contributed by atoms with Crippen molar-refractivity contribution in [1.29, 1.82) is 0 Å². The zero-order valence-corrected chi connectivity index (χ0v) is 9.25. The van der Waals surface area contributed by atoms with Gasteiger partial charge in [-0.15, -0.1) is 6.58 Å². The second-order valence-corrected chi connectivity index (χ2v) is 3.70. The highest BCUT2D eigenvalue weighted by molar-refractivity contribution is 5.57. The fourth-order valence-corrected chi connectivity index (χ4v) is 1.58. The number of nitrogens with zero attached hydrogens (tertiary/aromatic N) is 2. The second kappa shape index (κ2) is 4.93. The van der Waals surface area contributed by atoms with Crippen LogP contribution in [0, 0.1) is 5.82 Å². The standard InChI is InChI=1S/C13H13FN2O/c1-2-12(8-17)16-7-13(15-9-16)10-3-5-11(14)6-4-10/h2-7,9,12,17H,1,8H2/t12-/m0/s1. The number of rotatable bonds is 4. The highest BCUT2D eigenvalue weighted by Crippen LogP contribution is 2.19. The molecule has 0 aliphatic rings. The topological polar surface area (TPSA) is 38.0 Å². The second-order valence-electron chi connectivity index (χ2n) is 3.70. The maximum absolute atomic E-state index is 12.8. The van der Waals surface area contributed by atoms with Crippen LogP contribution in [0.1, 0.15) is 6.04 Å². The van der Waals surface area contributed by atoms with Gasteiger partial charge < -0.3 is 9.67 Å². The summed E-state index contributed by atoms with van der Waals surface area (Å²) in [6, 6.07) is 5.95. The van der Waals surface area contributed by atoms with Gasteiger partial charge in [0.2, 0.25) is 0 Å². The molecule has 0 radical (unpaired) electrons. The van der Waals surface area contributed by atoms with E-state index < -0.39 is 0 Å². The zero-order chi connectivity index (χ0) is 12.3. The van der Waals surface area contributed by atoms with E-state index in [0.29, 0.717) is 0 Å². The number of imidazole rings is 1. The van der Waals surface area contributed by atoms with E-state index in [1.807, 2.05) is 0 Å². The minimum absolute atomic E-state index is 0.0251. The van der Waals surface area contributed by atoms with Crippen LogP contribution in [0.15, 0.2) is 49.4 Å². The fourth-order valence-electron chi connectivity index (χ4n) is 1.58. The summed E-state index contributed by atoms with van der Waals surface area (Å²) in [6.07, 6.45) is 5.08. The van der Waals surface area contributed by atoms with Gasteiger partial charge in [-0.05, 0) is 24.3 Å². The molecule has 2 aromatic rings. The van der Waals surface area contributed by atoms with E-state index in [2.05, 4.69) is 11.6 Å². The zero-order valence-electron chi connectivity index (χ0n) is 9.25. The molecule has 2 rings (SSSR count). The van der Waals surface area contributed by atoms with Gasteiger partial charge >= 0.3 is 0 Å². The lowest BCUT2D eigenvalue weighted by molar-refractivity contribution is 0.253. The van der Waals surface area contributed by atoms with Crippen LogP contribution in [-0.4, -0.2) is 21.3 Å². The van der Waals surface area contributed by atoms with Crippen molar-refractivity contribution in [3.8, 4) is 11.3 Å². The van der Waals surface area contributed by atoms with Gasteiger partial charge in [-0.3, -0.25) is 0 Å². The molecule has 0 bridgehead atoms. The Morgan fingerprint density at radius 2 is 2.12 bits per heavy atom. The molecule has 0 fully saturated rings. The molecule has 1 atom stereocenters. The van der Waals surface area contributed by atoms with Crippen LogP contribution in [0.4, 0.5) is 4.39 Å². The first-order chi connectivity index (χ1) is 8.24. The van der Waals surface area contributed by atoms with Crippen molar-refractivity contribution in [1.82, 2.24) is 9.55 Å². The van der Waals surface area contributed by atoms with Gasteiger partial charge in [-0.25, -0.2) is 9.37 Å². The summed E-state index contributed by atoms with van der Waals surface area (Å²) in [6.45, 7) is 3.62. The van der Waals surface area contributed by atoms with E-state index in [1.54, 1.807) is 35.3 Å². The predicted molar refractivity (Wildman–Crippen MR) is 63.9 cm³/mol. The lowest BCUT2D eigenvalue weighted by atomic mass is 10.2. The maximum Gasteiger partial charge on any atom is 0.123 e. The number of aliphatic hydroxyl groups is 1. The van der Waals surface area contributed by atoms with Crippen LogP contribution in [0.25, 0.3) is 11.3 Å². The molecule has 1 aromatic carbocycles. The molecule has 0 saturated carbocycles. The molecule has 1 N–H and O–H groups in total. The van der Waals surface area contributed by atoms with Gasteiger partial charge in [-0.1, -0.05) is 6.08 Å². The van der Waals surface area contributed by atoms with Crippen LogP contribution < -0.4 is 0 Å². The smallest absolute Gasteiger partial charge is 0.123 e. The summed E-state index contributed by atoms with van der Waals surface area (Å²) >= 11 is 0. The Hall–Kier alpha value is -1.94. The maximum atomic E-state index is 12.8. The monoisotopic (exact) mass is 232 g/mol. The average Bonchev–Trinajstić information content (AvgIpc) is 2.81. The van der Waals surface area contributed by atoms with Crippen LogP contribution in [0.2, 0.25) is 0 Å². The summed E-state index contributed by atoms with van der Waals surface area (Å²) in [5.74, 6) is -0.271. The Morgan fingerprint density at radius 3 is 2.71 bits per heavy atom. The molecule has 88 valence electrons. The van der Waals surface area contributed by atoms with E-state index in [-0.39, 0.29) is 18.5 Å². The largest absolute Gasteiger partial charge is 0.394 e. The number of aliphatic hydroxyl groups excluding tert-OH is 1. The number of hydrogen-bond donors (Lipinski definition) is 1. The summed E-state index contributed by atoms with van der Waals surface area (Å²) in [5.41, 5.74) is 1.58. The molecule has 0 amide bonds. The minimum atomic E-state index is -0.271. The third-order valence-corrected chi connectivity index (χ3v) is 2.58. The molecular weight excluding hydrogens is 219 g/mol. The molecule has 0 spiro atoms. The van der Waals surface area contributed by atoms with Crippen molar-refractivity contribution in [3.63, 3.8) is 0 Å². The molecule has 4 heteroatoms. The van der Waals surface area contributed by atoms with Gasteiger partial charge in [-0.2, -0.15) is 0 Å². The minimum Gasteiger partial charge on any atom is -0.394 e. The highest BCUT2D eigenvalue weighted by atomic mass is 19.1. The number of hydrogen-bond acceptors (Lipinski definition) is 2. The molecule has 0 saturated heterocycles. The Kier molecular flexibility index (Phi) is 3.35. The molecule has 1 aromatic heterocycles. The predicted octanol–water partition coefficient (Wildman–Crippen LogP) is 2.41. The fraction of sp³-hybridized carbons (Fsp3) is 0.154. The highest BCUT2D eigenvalue weighted by Gasteiger charge is 2.07. The van der Waals surface area contributed by atoms with Gasteiger partial charge in [0.15, 0.2) is 0 Å². The Labute approximate surface area is 98.9 Å². The van der Waals surface area contributed by atoms with Gasteiger partial charge in [0.25, 0.3) is 0 Å². The van der Waals surface area contributed by atoms with Crippen LogP contribution in [-0.2, 0) is 0 Å². The lowest BCUT2D eigenvalue weighted by Crippen LogP contribution is -2.07. The summed E-state index contributed by atoms with van der Waals surface area (Å²) in [7, 11) is 0. The van der Waals surface area contributed by atoms with Crippen molar-refractivity contribution < 1.29 is 9.50 Å². The van der Waals surface area contributed by atoms with Crippen molar-refractivity contribution in [2.24, 2.45) is 0 Å². The molecule has 17 heavy (non-hydrogen) atoms. The SMILES string of the molecule is C=C[C@@H](CO)n1cnc(-c2ccc(F)cc2)c1. The lowest BCUT2D eigenvalue weighted by Gasteiger charge is -2.09. The van der Waals surface area contributed by atoms with Crippen LogP contribution >= 0.6 is 0 Å². The summed E-state index contributed by atoms with van der Waals surface area (Å²) in [5, 5.41) is 9.13. The van der Waals surface area contributed by atoms with E-state index >= 15 is 0 Å². The molecule has 0 aliphatic carbocycles. The Balaban J connectivity index is 2.29. The van der Waals surface area contributed by atoms with Crippen molar-refractivity contribution in [2.45, 2.75) is 6.04 Å². The number of aromatic nitrogens is 2. The Morgan fingerprint density at radius 1 is 1.41 bits per heavy atom. The first-order valence-corrected chi connectivity index (χ1v) is 5.27. The van der Waals surface area contributed by atoms with E-state index in [1.165, 1.54) is 12.1 Å². The summed E-state index contributed by atoms with van der Waals surface area (Å²) in [4.78, 5) is 4.21.